The molecule has 0 aromatic heterocycles. The summed E-state index contributed by atoms with van der Waals surface area (Å²) in [6.07, 6.45) is 3.29. The molecule has 112 valence electrons. The predicted molar refractivity (Wildman–Crippen MR) is 83.5 cm³/mol. The second-order valence-corrected chi connectivity index (χ2v) is 7.30. The van der Waals surface area contributed by atoms with Gasteiger partial charge in [-0.25, -0.2) is 4.79 Å². The maximum Gasteiger partial charge on any atom is 0.367 e. The molecule has 2 saturated carbocycles. The fraction of sp³-hybridized carbons (Fsp3) is 0.529. The van der Waals surface area contributed by atoms with E-state index in [1.807, 2.05) is 0 Å². The normalized spacial score (nSPS) is 31.6. The number of benzene rings is 1. The van der Waals surface area contributed by atoms with Crippen LogP contribution in [-0.4, -0.2) is 11.7 Å². The molecular weight excluding hydrogens is 286 g/mol. The van der Waals surface area contributed by atoms with E-state index >= 15 is 0 Å². The van der Waals surface area contributed by atoms with Crippen molar-refractivity contribution in [3.05, 3.63) is 34.9 Å². The van der Waals surface area contributed by atoms with E-state index in [2.05, 4.69) is 25.9 Å². The molecule has 2 fully saturated rings. The molecule has 3 rings (SSSR count). The Morgan fingerprint density at radius 3 is 2.62 bits per heavy atom. The van der Waals surface area contributed by atoms with Crippen LogP contribution in [0.15, 0.2) is 29.4 Å². The van der Waals surface area contributed by atoms with E-state index in [-0.39, 0.29) is 10.8 Å². The number of fused-ring (bicyclic) bond motifs is 2. The fourth-order valence-electron chi connectivity index (χ4n) is 3.84. The van der Waals surface area contributed by atoms with Gasteiger partial charge < -0.3 is 4.84 Å². The smallest absolute Gasteiger partial charge is 0.313 e. The molecule has 0 saturated heterocycles. The average Bonchev–Trinajstić information content (AvgIpc) is 2.78. The minimum Gasteiger partial charge on any atom is -0.313 e. The van der Waals surface area contributed by atoms with Crippen molar-refractivity contribution in [1.82, 2.24) is 0 Å². The van der Waals surface area contributed by atoms with E-state index in [1.165, 1.54) is 6.42 Å². The number of carbonyl (C=O) groups is 1. The van der Waals surface area contributed by atoms with Crippen molar-refractivity contribution in [2.24, 2.45) is 21.9 Å². The predicted octanol–water partition coefficient (Wildman–Crippen LogP) is 4.70. The Kier molecular flexibility index (Phi) is 3.36. The molecule has 1 aromatic carbocycles. The molecule has 0 aliphatic heterocycles. The van der Waals surface area contributed by atoms with Gasteiger partial charge in [0.25, 0.3) is 0 Å². The molecule has 0 heterocycles. The van der Waals surface area contributed by atoms with E-state index in [0.717, 1.165) is 18.6 Å². The minimum atomic E-state index is -0.489. The van der Waals surface area contributed by atoms with Gasteiger partial charge in [0.05, 0.1) is 16.3 Å². The molecule has 4 heteroatoms. The van der Waals surface area contributed by atoms with Gasteiger partial charge in [-0.3, -0.25) is 0 Å². The molecule has 2 unspecified atom stereocenters. The molecule has 2 atom stereocenters. The first-order valence-corrected chi connectivity index (χ1v) is 7.77. The van der Waals surface area contributed by atoms with E-state index in [0.29, 0.717) is 16.5 Å². The molecule has 2 aliphatic carbocycles. The third-order valence-electron chi connectivity index (χ3n) is 5.84. The summed E-state index contributed by atoms with van der Waals surface area (Å²) in [5.41, 5.74) is 1.64. The van der Waals surface area contributed by atoms with Crippen LogP contribution in [0, 0.1) is 16.7 Å². The van der Waals surface area contributed by atoms with Gasteiger partial charge in [0.15, 0.2) is 0 Å². The van der Waals surface area contributed by atoms with Gasteiger partial charge in [-0.05, 0) is 42.7 Å². The van der Waals surface area contributed by atoms with Crippen molar-refractivity contribution in [1.29, 1.82) is 0 Å². The Morgan fingerprint density at radius 2 is 2.05 bits per heavy atom. The van der Waals surface area contributed by atoms with E-state index < -0.39 is 5.97 Å². The van der Waals surface area contributed by atoms with Gasteiger partial charge in [0.1, 0.15) is 0 Å². The summed E-state index contributed by atoms with van der Waals surface area (Å²) in [5.74, 6) is 0.151. The van der Waals surface area contributed by atoms with Crippen molar-refractivity contribution >= 4 is 23.3 Å². The monoisotopic (exact) mass is 305 g/mol. The number of nitrogens with zero attached hydrogens (tertiary/aromatic N) is 1. The Morgan fingerprint density at radius 1 is 1.33 bits per heavy atom. The molecule has 2 bridgehead atoms. The highest BCUT2D eigenvalue weighted by Crippen LogP contribution is 2.63. The largest absolute Gasteiger partial charge is 0.367 e. The maximum atomic E-state index is 12.1. The molecule has 21 heavy (non-hydrogen) atoms. The topological polar surface area (TPSA) is 38.7 Å². The first-order valence-electron chi connectivity index (χ1n) is 7.39. The Balaban J connectivity index is 1.79. The van der Waals surface area contributed by atoms with Crippen molar-refractivity contribution in [2.75, 3.05) is 0 Å². The third kappa shape index (κ3) is 2.10. The van der Waals surface area contributed by atoms with Crippen LogP contribution in [0.2, 0.25) is 5.02 Å². The van der Waals surface area contributed by atoms with E-state index in [4.69, 9.17) is 16.4 Å². The van der Waals surface area contributed by atoms with Crippen LogP contribution in [0.25, 0.3) is 0 Å². The summed E-state index contributed by atoms with van der Waals surface area (Å²) in [7, 11) is 0. The number of oxime groups is 1. The van der Waals surface area contributed by atoms with Crippen LogP contribution < -0.4 is 0 Å². The molecule has 0 amide bonds. The zero-order valence-corrected chi connectivity index (χ0v) is 13.4. The highest BCUT2D eigenvalue weighted by molar-refractivity contribution is 6.33. The van der Waals surface area contributed by atoms with Crippen molar-refractivity contribution in [3.8, 4) is 0 Å². The summed E-state index contributed by atoms with van der Waals surface area (Å²) in [4.78, 5) is 17.2. The number of hydrogen-bond acceptors (Lipinski definition) is 3. The lowest BCUT2D eigenvalue weighted by atomic mass is 9.70. The van der Waals surface area contributed by atoms with Gasteiger partial charge in [-0.15, -0.1) is 0 Å². The lowest BCUT2D eigenvalue weighted by Crippen LogP contribution is -2.32. The summed E-state index contributed by atoms with van der Waals surface area (Å²) < 4.78 is 0. The van der Waals surface area contributed by atoms with Crippen LogP contribution >= 0.6 is 11.6 Å². The van der Waals surface area contributed by atoms with E-state index in [9.17, 15) is 4.79 Å². The van der Waals surface area contributed by atoms with Crippen LogP contribution in [0.3, 0.4) is 0 Å². The molecule has 2 aliphatic rings. The highest BCUT2D eigenvalue weighted by Gasteiger charge is 2.60. The second-order valence-electron chi connectivity index (χ2n) is 6.89. The van der Waals surface area contributed by atoms with Crippen molar-refractivity contribution in [3.63, 3.8) is 0 Å². The Bertz CT molecular complexity index is 623. The lowest BCUT2D eigenvalue weighted by molar-refractivity contribution is 0.0508. The summed E-state index contributed by atoms with van der Waals surface area (Å²) in [5, 5.41) is 4.59. The number of halogens is 1. The highest BCUT2D eigenvalue weighted by atomic mass is 35.5. The molecule has 0 spiro atoms. The molecule has 0 radical (unpaired) electrons. The standard InChI is InChI=1S/C17H20ClNO2/c1-16(2)11-8-9-17(16,3)14(10-11)19-21-15(20)12-6-4-5-7-13(12)18/h4-7,11H,8-10H2,1-3H3/b19-14+. The van der Waals surface area contributed by atoms with E-state index in [1.54, 1.807) is 24.3 Å². The van der Waals surface area contributed by atoms with Gasteiger partial charge >= 0.3 is 5.97 Å². The van der Waals surface area contributed by atoms with Gasteiger partial charge in [-0.1, -0.05) is 49.7 Å². The zero-order valence-electron chi connectivity index (χ0n) is 12.6. The first-order chi connectivity index (χ1) is 9.86. The Labute approximate surface area is 130 Å². The summed E-state index contributed by atoms with van der Waals surface area (Å²) in [6, 6.07) is 6.87. The van der Waals surface area contributed by atoms with Crippen LogP contribution in [0.5, 0.6) is 0 Å². The summed E-state index contributed by atoms with van der Waals surface area (Å²) in [6.45, 7) is 6.83. The second kappa shape index (κ2) is 4.84. The molecule has 0 N–H and O–H groups in total. The van der Waals surface area contributed by atoms with Crippen LogP contribution in [0.4, 0.5) is 0 Å². The first kappa shape index (κ1) is 14.6. The minimum absolute atomic E-state index is 0.0401. The quantitative estimate of drug-likeness (QED) is 0.587. The number of rotatable bonds is 2. The SMILES string of the molecule is CC12CCC(C/C1=N\OC(=O)c1ccccc1Cl)C2(C)C. The lowest BCUT2D eigenvalue weighted by Gasteiger charge is -2.34. The van der Waals surface area contributed by atoms with Crippen molar-refractivity contribution < 1.29 is 9.63 Å². The third-order valence-corrected chi connectivity index (χ3v) is 6.17. The Hall–Kier alpha value is -1.35. The summed E-state index contributed by atoms with van der Waals surface area (Å²) >= 11 is 6.00. The van der Waals surface area contributed by atoms with Crippen molar-refractivity contribution in [2.45, 2.75) is 40.0 Å². The molecule has 3 nitrogen and oxygen atoms in total. The molecular formula is C17H20ClNO2. The zero-order chi connectivity index (χ0) is 15.3. The van der Waals surface area contributed by atoms with Gasteiger partial charge in [0.2, 0.25) is 0 Å². The fourth-order valence-corrected chi connectivity index (χ4v) is 4.05. The maximum absolute atomic E-state index is 12.1. The van der Waals surface area contributed by atoms with Gasteiger partial charge in [-0.2, -0.15) is 0 Å². The van der Waals surface area contributed by atoms with Gasteiger partial charge in [0, 0.05) is 5.41 Å². The number of hydrogen-bond donors (Lipinski definition) is 0. The van der Waals surface area contributed by atoms with Crippen LogP contribution in [-0.2, 0) is 4.84 Å². The number of carbonyl (C=O) groups excluding carboxylic acids is 1. The average molecular weight is 306 g/mol. The van der Waals surface area contributed by atoms with Crippen LogP contribution in [0.1, 0.15) is 50.4 Å². The molecule has 1 aromatic rings.